The van der Waals surface area contributed by atoms with Gasteiger partial charge < -0.3 is 4.74 Å². The summed E-state index contributed by atoms with van der Waals surface area (Å²) in [5.41, 5.74) is 1.18. The quantitative estimate of drug-likeness (QED) is 0.702. The Labute approximate surface area is 88.7 Å². The number of ether oxygens (including phenoxy) is 1. The third kappa shape index (κ3) is 4.97. The Morgan fingerprint density at radius 3 is 2.08 bits per heavy atom. The maximum atomic E-state index is 5.04. The number of methoxy groups -OCH3 is 1. The molecule has 0 radical (unpaired) electrons. The van der Waals surface area contributed by atoms with Crippen molar-refractivity contribution in [1.82, 2.24) is 0 Å². The minimum absolute atomic E-state index is 0.931. The molecule has 0 atom stereocenters. The molecule has 64 valence electrons. The van der Waals surface area contributed by atoms with Gasteiger partial charge in [0.2, 0.25) is 0 Å². The molecule has 0 heterocycles. The monoisotopic (exact) mass is 256 g/mol. The van der Waals surface area contributed by atoms with Gasteiger partial charge in [-0.05, 0) is 18.6 Å². The molecular formula is C8H10Cl2OZn. The summed E-state index contributed by atoms with van der Waals surface area (Å²) in [5, 5.41) is 0. The fourth-order valence-electron chi connectivity index (χ4n) is 0.785. The Balaban J connectivity index is 0.000000354. The maximum absolute atomic E-state index is 5.04. The zero-order valence-corrected chi connectivity index (χ0v) is 11.7. The van der Waals surface area contributed by atoms with Gasteiger partial charge >= 0.3 is 34.5 Å². The van der Waals surface area contributed by atoms with Gasteiger partial charge in [-0.1, -0.05) is 18.2 Å². The van der Waals surface area contributed by atoms with Gasteiger partial charge in [0.25, 0.3) is 0 Å². The Kier molecular flexibility index (Phi) is 8.00. The van der Waals surface area contributed by atoms with Crippen LogP contribution < -0.4 is 4.74 Å². The van der Waals surface area contributed by atoms with Crippen molar-refractivity contribution in [1.29, 1.82) is 0 Å². The summed E-state index contributed by atoms with van der Waals surface area (Å²) < 4.78 is 5.04. The first-order valence-corrected chi connectivity index (χ1v) is 11.3. The van der Waals surface area contributed by atoms with Crippen molar-refractivity contribution in [2.24, 2.45) is 0 Å². The summed E-state index contributed by atoms with van der Waals surface area (Å²) in [6.45, 7) is 2.03. The average Bonchev–Trinajstić information content (AvgIpc) is 2.07. The van der Waals surface area contributed by atoms with Crippen LogP contribution in [-0.2, 0) is 15.1 Å². The molecule has 0 aliphatic rings. The third-order valence-corrected chi connectivity index (χ3v) is 1.31. The second-order valence-electron chi connectivity index (χ2n) is 2.07. The second-order valence-corrected chi connectivity index (χ2v) is 6.69. The van der Waals surface area contributed by atoms with E-state index in [2.05, 4.69) is 0 Å². The zero-order chi connectivity index (χ0) is 9.40. The summed E-state index contributed by atoms with van der Waals surface area (Å²) in [6.07, 6.45) is 0. The van der Waals surface area contributed by atoms with Crippen LogP contribution in [0.15, 0.2) is 24.3 Å². The molecule has 0 N–H and O–H groups in total. The van der Waals surface area contributed by atoms with Gasteiger partial charge in [-0.2, -0.15) is 0 Å². The van der Waals surface area contributed by atoms with E-state index in [1.54, 1.807) is 7.11 Å². The normalized spacial score (nSPS) is 7.67. The van der Waals surface area contributed by atoms with Crippen LogP contribution in [0, 0.1) is 6.92 Å². The van der Waals surface area contributed by atoms with Crippen molar-refractivity contribution in [2.75, 3.05) is 7.11 Å². The molecule has 0 aromatic heterocycles. The molecule has 1 aromatic rings. The molecule has 0 saturated carbocycles. The van der Waals surface area contributed by atoms with Crippen LogP contribution in [0.3, 0.4) is 0 Å². The predicted octanol–water partition coefficient (Wildman–Crippen LogP) is 3.38. The first-order chi connectivity index (χ1) is 5.76. The van der Waals surface area contributed by atoms with Crippen molar-refractivity contribution >= 4 is 19.4 Å². The minimum atomic E-state index is -0.931. The van der Waals surface area contributed by atoms with Gasteiger partial charge in [-0.3, -0.25) is 0 Å². The van der Waals surface area contributed by atoms with Crippen molar-refractivity contribution < 1.29 is 19.9 Å². The number of hydrogen-bond acceptors (Lipinski definition) is 1. The van der Waals surface area contributed by atoms with E-state index in [1.165, 1.54) is 5.56 Å². The molecule has 12 heavy (non-hydrogen) atoms. The molecule has 0 fully saturated rings. The van der Waals surface area contributed by atoms with Gasteiger partial charge in [0, 0.05) is 0 Å². The van der Waals surface area contributed by atoms with Gasteiger partial charge in [0.15, 0.2) is 0 Å². The topological polar surface area (TPSA) is 9.23 Å². The van der Waals surface area contributed by atoms with E-state index < -0.39 is 15.1 Å². The van der Waals surface area contributed by atoms with Crippen LogP contribution in [0.4, 0.5) is 0 Å². The Morgan fingerprint density at radius 2 is 1.75 bits per heavy atom. The average molecular weight is 258 g/mol. The SMILES string of the molecule is COc1ccccc1C.[Cl][Zn][Cl]. The van der Waals surface area contributed by atoms with Gasteiger partial charge in [0.1, 0.15) is 5.75 Å². The molecular weight excluding hydrogens is 248 g/mol. The standard InChI is InChI=1S/C8H10O.2ClH.Zn/c1-7-5-3-4-6-8(7)9-2;;;/h3-6H,1-2H3;2*1H;/q;;;+2/p-2. The van der Waals surface area contributed by atoms with Crippen LogP contribution in [-0.4, -0.2) is 7.11 Å². The van der Waals surface area contributed by atoms with Crippen LogP contribution in [0.25, 0.3) is 0 Å². The van der Waals surface area contributed by atoms with Crippen molar-refractivity contribution in [3.63, 3.8) is 0 Å². The van der Waals surface area contributed by atoms with Crippen molar-refractivity contribution in [3.05, 3.63) is 29.8 Å². The fourth-order valence-corrected chi connectivity index (χ4v) is 0.785. The van der Waals surface area contributed by atoms with E-state index >= 15 is 0 Å². The number of para-hydroxylation sites is 1. The molecule has 0 spiro atoms. The summed E-state index contributed by atoms with van der Waals surface area (Å²) in [7, 11) is 11.6. The zero-order valence-electron chi connectivity index (χ0n) is 7.18. The van der Waals surface area contributed by atoms with Crippen LogP contribution >= 0.6 is 19.4 Å². The molecule has 1 nitrogen and oxygen atoms in total. The Hall–Kier alpha value is 0.223. The summed E-state index contributed by atoms with van der Waals surface area (Å²) in [6, 6.07) is 7.94. The number of halogens is 2. The molecule has 0 bridgehead atoms. The van der Waals surface area contributed by atoms with Crippen LogP contribution in [0.1, 0.15) is 5.56 Å². The molecule has 4 heteroatoms. The van der Waals surface area contributed by atoms with E-state index in [1.807, 2.05) is 31.2 Å². The van der Waals surface area contributed by atoms with Gasteiger partial charge in [0.05, 0.1) is 7.11 Å². The summed E-state index contributed by atoms with van der Waals surface area (Å²) in [4.78, 5) is 0. The molecule has 0 aliphatic heterocycles. The number of rotatable bonds is 1. The predicted molar refractivity (Wildman–Crippen MR) is 49.4 cm³/mol. The van der Waals surface area contributed by atoms with Crippen LogP contribution in [0.5, 0.6) is 5.75 Å². The third-order valence-electron chi connectivity index (χ3n) is 1.31. The molecule has 0 unspecified atom stereocenters. The van der Waals surface area contributed by atoms with Crippen molar-refractivity contribution in [3.8, 4) is 5.75 Å². The summed E-state index contributed by atoms with van der Waals surface area (Å²) in [5.74, 6) is 0.956. The molecule has 0 aliphatic carbocycles. The molecule has 0 amide bonds. The molecule has 0 saturated heterocycles. The van der Waals surface area contributed by atoms with E-state index in [0.717, 1.165) is 5.75 Å². The van der Waals surface area contributed by atoms with E-state index in [9.17, 15) is 0 Å². The Bertz CT molecular complexity index is 218. The van der Waals surface area contributed by atoms with E-state index in [-0.39, 0.29) is 0 Å². The number of aryl methyl sites for hydroxylation is 1. The van der Waals surface area contributed by atoms with E-state index in [0.29, 0.717) is 0 Å². The van der Waals surface area contributed by atoms with Gasteiger partial charge in [-0.15, -0.1) is 0 Å². The number of hydrogen-bond donors (Lipinski definition) is 0. The molecule has 1 rings (SSSR count). The van der Waals surface area contributed by atoms with Gasteiger partial charge in [-0.25, -0.2) is 0 Å². The first-order valence-electron chi connectivity index (χ1n) is 3.47. The first kappa shape index (κ1) is 12.2. The number of benzene rings is 1. The Morgan fingerprint density at radius 1 is 1.25 bits per heavy atom. The second kappa shape index (κ2) is 7.85. The van der Waals surface area contributed by atoms with E-state index in [4.69, 9.17) is 24.1 Å². The van der Waals surface area contributed by atoms with Crippen LogP contribution in [0.2, 0.25) is 0 Å². The molecule has 1 aromatic carbocycles. The fraction of sp³-hybridized carbons (Fsp3) is 0.250. The summed E-state index contributed by atoms with van der Waals surface area (Å²) >= 11 is -0.931. The van der Waals surface area contributed by atoms with Crippen molar-refractivity contribution in [2.45, 2.75) is 6.92 Å².